The van der Waals surface area contributed by atoms with Crippen molar-refractivity contribution in [2.24, 2.45) is 5.73 Å². The molecule has 7 nitrogen and oxygen atoms in total. The number of halogens is 1. The van der Waals surface area contributed by atoms with Crippen LogP contribution in [-0.2, 0) is 23.5 Å². The lowest BCUT2D eigenvalue weighted by molar-refractivity contribution is -0.236. The highest BCUT2D eigenvalue weighted by Gasteiger charge is 2.44. The molecular formula is C23H22FN3O4S. The van der Waals surface area contributed by atoms with Gasteiger partial charge in [0.2, 0.25) is 0 Å². The van der Waals surface area contributed by atoms with Crippen molar-refractivity contribution in [3.8, 4) is 11.4 Å². The predicted octanol–water partition coefficient (Wildman–Crippen LogP) is 2.42. The second-order valence-corrected chi connectivity index (χ2v) is 9.76. The smallest absolute Gasteiger partial charge is 0.257 e. The van der Waals surface area contributed by atoms with Crippen molar-refractivity contribution < 1.29 is 19.3 Å². The maximum absolute atomic E-state index is 14.7. The van der Waals surface area contributed by atoms with Gasteiger partial charge in [0.25, 0.3) is 5.56 Å². The first-order valence-electron chi connectivity index (χ1n) is 10.6. The first-order valence-corrected chi connectivity index (χ1v) is 11.6. The molecule has 1 aromatic carbocycles. The average molecular weight is 456 g/mol. The molecule has 3 atom stereocenters. The first kappa shape index (κ1) is 20.3. The molecule has 3 aliphatic rings. The molecular weight excluding hydrogens is 433 g/mol. The van der Waals surface area contributed by atoms with Gasteiger partial charge in [-0.15, -0.1) is 11.8 Å². The van der Waals surface area contributed by atoms with Gasteiger partial charge in [0, 0.05) is 44.8 Å². The number of fused-ring (bicyclic) bond motifs is 5. The Balaban J connectivity index is 1.69. The number of thioether (sulfide) groups is 1. The van der Waals surface area contributed by atoms with Gasteiger partial charge in [-0.05, 0) is 30.5 Å². The third-order valence-electron chi connectivity index (χ3n) is 7.09. The Morgan fingerprint density at radius 2 is 2.19 bits per heavy atom. The maximum Gasteiger partial charge on any atom is 0.257 e. The quantitative estimate of drug-likeness (QED) is 0.404. The van der Waals surface area contributed by atoms with Crippen molar-refractivity contribution in [1.29, 1.82) is 0 Å². The lowest BCUT2D eigenvalue weighted by Gasteiger charge is -2.37. The molecule has 0 spiro atoms. The van der Waals surface area contributed by atoms with E-state index in [-0.39, 0.29) is 30.4 Å². The molecule has 3 aromatic rings. The van der Waals surface area contributed by atoms with Crippen molar-refractivity contribution in [3.05, 3.63) is 56.1 Å². The third-order valence-corrected chi connectivity index (χ3v) is 8.42. The number of nitrogens with zero attached hydrogens (tertiary/aromatic N) is 2. The summed E-state index contributed by atoms with van der Waals surface area (Å²) in [7, 11) is 0. The van der Waals surface area contributed by atoms with Crippen molar-refractivity contribution >= 4 is 22.7 Å². The molecule has 4 N–H and O–H groups in total. The van der Waals surface area contributed by atoms with E-state index in [0.717, 1.165) is 21.4 Å². The van der Waals surface area contributed by atoms with Crippen LogP contribution in [0.2, 0.25) is 0 Å². The molecule has 2 aromatic heterocycles. The fraction of sp³-hybridized carbons (Fsp3) is 0.391. The lowest BCUT2D eigenvalue weighted by atomic mass is 9.85. The molecule has 1 unspecified atom stereocenters. The summed E-state index contributed by atoms with van der Waals surface area (Å²) in [6.45, 7) is 3.70. The molecule has 5 heterocycles. The summed E-state index contributed by atoms with van der Waals surface area (Å²) in [6, 6.07) is 2.88. The lowest BCUT2D eigenvalue weighted by Crippen LogP contribution is -2.47. The maximum atomic E-state index is 14.7. The summed E-state index contributed by atoms with van der Waals surface area (Å²) in [5.41, 5.74) is 9.19. The number of hydrogen-bond acceptors (Lipinski definition) is 7. The molecule has 6 rings (SSSR count). The largest absolute Gasteiger partial charge is 0.380 e. The molecule has 0 aliphatic carbocycles. The molecule has 0 bridgehead atoms. The highest BCUT2D eigenvalue weighted by molar-refractivity contribution is 7.99. The number of aliphatic hydroxyl groups is 2. The number of rotatable bonds is 1. The number of pyridine rings is 2. The predicted molar refractivity (Wildman–Crippen MR) is 118 cm³/mol. The van der Waals surface area contributed by atoms with Crippen LogP contribution in [0.4, 0.5) is 4.39 Å². The summed E-state index contributed by atoms with van der Waals surface area (Å²) in [6.07, 6.45) is -1.26. The number of aromatic nitrogens is 2. The molecule has 166 valence electrons. The molecule has 0 saturated heterocycles. The minimum atomic E-state index is -1.69. The third kappa shape index (κ3) is 2.40. The van der Waals surface area contributed by atoms with E-state index in [1.165, 1.54) is 17.8 Å². The summed E-state index contributed by atoms with van der Waals surface area (Å²) in [4.78, 5) is 19.0. The zero-order valence-corrected chi connectivity index (χ0v) is 18.4. The van der Waals surface area contributed by atoms with Gasteiger partial charge in [0.05, 0.1) is 30.1 Å². The van der Waals surface area contributed by atoms with E-state index in [0.29, 0.717) is 45.9 Å². The van der Waals surface area contributed by atoms with Gasteiger partial charge >= 0.3 is 0 Å². The Bertz CT molecular complexity index is 1400. The zero-order valence-electron chi connectivity index (χ0n) is 17.6. The van der Waals surface area contributed by atoms with Crippen LogP contribution in [0.3, 0.4) is 0 Å². The van der Waals surface area contributed by atoms with Crippen LogP contribution < -0.4 is 11.3 Å². The summed E-state index contributed by atoms with van der Waals surface area (Å²) >= 11 is 1.53. The van der Waals surface area contributed by atoms with Gasteiger partial charge in [0.15, 0.2) is 6.29 Å². The van der Waals surface area contributed by atoms with Gasteiger partial charge in [-0.1, -0.05) is 6.92 Å². The average Bonchev–Trinajstić information content (AvgIpc) is 3.14. The second-order valence-electron chi connectivity index (χ2n) is 8.73. The Morgan fingerprint density at radius 1 is 1.41 bits per heavy atom. The van der Waals surface area contributed by atoms with E-state index < -0.39 is 11.9 Å². The van der Waals surface area contributed by atoms with E-state index in [4.69, 9.17) is 15.5 Å². The van der Waals surface area contributed by atoms with Crippen molar-refractivity contribution in [2.45, 2.75) is 56.2 Å². The van der Waals surface area contributed by atoms with Gasteiger partial charge in [-0.2, -0.15) is 0 Å². The molecule has 0 saturated carbocycles. The highest BCUT2D eigenvalue weighted by Crippen LogP contribution is 2.47. The fourth-order valence-corrected chi connectivity index (χ4v) is 6.46. The van der Waals surface area contributed by atoms with Crippen LogP contribution in [0.15, 0.2) is 21.8 Å². The van der Waals surface area contributed by atoms with Crippen molar-refractivity contribution in [2.75, 3.05) is 5.75 Å². The van der Waals surface area contributed by atoms with Crippen LogP contribution >= 0.6 is 11.8 Å². The van der Waals surface area contributed by atoms with Crippen LogP contribution in [0.5, 0.6) is 0 Å². The normalized spacial score (nSPS) is 25.6. The number of hydrogen-bond donors (Lipinski definition) is 3. The molecule has 9 heteroatoms. The number of aliphatic hydroxyl groups excluding tert-OH is 1. The standard InChI is InChI=1S/C23H22FN3O4S/c1-3-23(30)12-4-16-19-10(6-27(16)21(28)11(12)7-31-22(23)29)17-14(25)8-32-20-9(2)13(24)5-15(26-19)18(17)20/h4-5,14,22,29-30H,3,6-8,25H2,1-2H3/t14-,22?,23-/m0/s1. The second kappa shape index (κ2) is 6.61. The Labute approximate surface area is 187 Å². The summed E-state index contributed by atoms with van der Waals surface area (Å²) in [5, 5.41) is 22.3. The van der Waals surface area contributed by atoms with E-state index in [2.05, 4.69) is 0 Å². The first-order chi connectivity index (χ1) is 15.3. The molecule has 0 amide bonds. The number of benzene rings is 1. The SMILES string of the molecule is CC[C@]1(O)c2cc3n(c(=O)c2COC1O)Cc1c-3nc2cc(F)c(C)c3c2c1[C@@H](N)CS3. The fourth-order valence-electron chi connectivity index (χ4n) is 5.27. The monoisotopic (exact) mass is 455 g/mol. The van der Waals surface area contributed by atoms with Crippen LogP contribution in [-0.4, -0.2) is 31.8 Å². The van der Waals surface area contributed by atoms with Crippen LogP contribution in [0.25, 0.3) is 22.3 Å². The molecule has 32 heavy (non-hydrogen) atoms. The zero-order chi connectivity index (χ0) is 22.5. The van der Waals surface area contributed by atoms with E-state index in [1.807, 2.05) is 0 Å². The summed E-state index contributed by atoms with van der Waals surface area (Å²) in [5.74, 6) is 0.288. The Morgan fingerprint density at radius 3 is 2.94 bits per heavy atom. The van der Waals surface area contributed by atoms with Gasteiger partial charge in [0.1, 0.15) is 11.4 Å². The number of ether oxygens (including phenoxy) is 1. The van der Waals surface area contributed by atoms with E-state index >= 15 is 0 Å². The van der Waals surface area contributed by atoms with Gasteiger partial charge in [-0.3, -0.25) is 4.79 Å². The minimum Gasteiger partial charge on any atom is -0.380 e. The minimum absolute atomic E-state index is 0.0821. The highest BCUT2D eigenvalue weighted by atomic mass is 32.2. The summed E-state index contributed by atoms with van der Waals surface area (Å²) < 4.78 is 21.6. The Hall–Kier alpha value is -2.30. The van der Waals surface area contributed by atoms with Crippen LogP contribution in [0, 0.1) is 12.7 Å². The van der Waals surface area contributed by atoms with E-state index in [1.54, 1.807) is 24.5 Å². The van der Waals surface area contributed by atoms with Gasteiger partial charge in [-0.25, -0.2) is 9.37 Å². The van der Waals surface area contributed by atoms with Crippen molar-refractivity contribution in [1.82, 2.24) is 9.55 Å². The number of nitrogens with two attached hydrogens (primary N) is 1. The molecule has 0 fully saturated rings. The Kier molecular flexibility index (Phi) is 4.20. The molecule has 0 radical (unpaired) electrons. The molecule has 3 aliphatic heterocycles. The van der Waals surface area contributed by atoms with Gasteiger partial charge < -0.3 is 25.3 Å². The van der Waals surface area contributed by atoms with E-state index in [9.17, 15) is 19.4 Å². The van der Waals surface area contributed by atoms with Crippen LogP contribution in [0.1, 0.15) is 47.2 Å². The topological polar surface area (TPSA) is 111 Å². The van der Waals surface area contributed by atoms with Crippen molar-refractivity contribution in [3.63, 3.8) is 0 Å².